The molecule has 0 amide bonds. The van der Waals surface area contributed by atoms with E-state index in [1.54, 1.807) is 0 Å². The molecule has 2 aromatic rings. The maximum atomic E-state index is 12.7. The lowest BCUT2D eigenvalue weighted by Gasteiger charge is -2.62. The van der Waals surface area contributed by atoms with Crippen LogP contribution in [0.1, 0.15) is 47.9 Å². The Hall–Kier alpha value is -2.83. The van der Waals surface area contributed by atoms with Crippen molar-refractivity contribution in [3.8, 4) is 5.75 Å². The van der Waals surface area contributed by atoms with Crippen LogP contribution in [0.3, 0.4) is 0 Å². The molecule has 182 valence electrons. The fraction of sp³-hybridized carbons (Fsp3) is 0.483. The SMILES string of the molecule is Cc1ccc2c3c1O[C@H]1C(OCc4ccccc4)=C(C(=O)O)C[C@@]4(O)[C@@H](C2)N(CC2CC2)CC[C@]314. The van der Waals surface area contributed by atoms with Crippen LogP contribution >= 0.6 is 0 Å². The van der Waals surface area contributed by atoms with E-state index in [4.69, 9.17) is 9.47 Å². The van der Waals surface area contributed by atoms with E-state index in [0.29, 0.717) is 11.7 Å². The zero-order chi connectivity index (χ0) is 23.9. The van der Waals surface area contributed by atoms with Crippen LogP contribution < -0.4 is 4.74 Å². The van der Waals surface area contributed by atoms with Crippen LogP contribution in [0.15, 0.2) is 53.8 Å². The largest absolute Gasteiger partial charge is 0.489 e. The second-order valence-corrected chi connectivity index (χ2v) is 11.1. The molecular formula is C29H31NO5. The van der Waals surface area contributed by atoms with Gasteiger partial charge in [-0.2, -0.15) is 0 Å². The Labute approximate surface area is 205 Å². The lowest BCUT2D eigenvalue weighted by atomic mass is 9.49. The molecule has 2 aliphatic heterocycles. The first-order valence-corrected chi connectivity index (χ1v) is 12.8. The number of likely N-dealkylation sites (tertiary alicyclic amines) is 1. The summed E-state index contributed by atoms with van der Waals surface area (Å²) in [5.74, 6) is 0.850. The van der Waals surface area contributed by atoms with Crippen molar-refractivity contribution in [3.63, 3.8) is 0 Å². The summed E-state index contributed by atoms with van der Waals surface area (Å²) in [5, 5.41) is 23.0. The molecule has 1 saturated carbocycles. The van der Waals surface area contributed by atoms with Crippen molar-refractivity contribution in [3.05, 3.63) is 76.1 Å². The van der Waals surface area contributed by atoms with Gasteiger partial charge in [0.05, 0.1) is 16.6 Å². The summed E-state index contributed by atoms with van der Waals surface area (Å²) in [7, 11) is 0. The van der Waals surface area contributed by atoms with Gasteiger partial charge in [-0.25, -0.2) is 4.79 Å². The van der Waals surface area contributed by atoms with Gasteiger partial charge < -0.3 is 19.7 Å². The molecule has 6 nitrogen and oxygen atoms in total. The summed E-state index contributed by atoms with van der Waals surface area (Å²) in [4.78, 5) is 15.0. The maximum Gasteiger partial charge on any atom is 0.335 e. The number of aryl methyl sites for hydroxylation is 1. The van der Waals surface area contributed by atoms with Crippen molar-refractivity contribution in [1.82, 2.24) is 4.90 Å². The first-order chi connectivity index (χ1) is 16.9. The number of aliphatic hydroxyl groups is 1. The Morgan fingerprint density at radius 1 is 1.20 bits per heavy atom. The van der Waals surface area contributed by atoms with Crippen LogP contribution in [-0.2, 0) is 28.0 Å². The summed E-state index contributed by atoms with van der Waals surface area (Å²) in [6.45, 7) is 4.15. The zero-order valence-electron chi connectivity index (χ0n) is 20.0. The lowest BCUT2D eigenvalue weighted by Crippen LogP contribution is -2.75. The van der Waals surface area contributed by atoms with Gasteiger partial charge in [0.2, 0.25) is 0 Å². The average Bonchev–Trinajstić information content (AvgIpc) is 3.59. The molecule has 1 spiro atoms. The maximum absolute atomic E-state index is 12.7. The van der Waals surface area contributed by atoms with Gasteiger partial charge in [-0.15, -0.1) is 0 Å². The number of aliphatic carboxylic acids is 1. The van der Waals surface area contributed by atoms with Crippen LogP contribution in [0.2, 0.25) is 0 Å². The van der Waals surface area contributed by atoms with Crippen LogP contribution in [0.5, 0.6) is 5.75 Å². The molecule has 0 aromatic heterocycles. The van der Waals surface area contributed by atoms with Crippen molar-refractivity contribution >= 4 is 5.97 Å². The first kappa shape index (κ1) is 21.5. The third-order valence-corrected chi connectivity index (χ3v) is 9.21. The summed E-state index contributed by atoms with van der Waals surface area (Å²) >= 11 is 0. The van der Waals surface area contributed by atoms with E-state index < -0.39 is 23.1 Å². The fourth-order valence-electron chi connectivity index (χ4n) is 7.38. The number of carboxylic acids is 1. The highest BCUT2D eigenvalue weighted by molar-refractivity contribution is 5.89. The number of carboxylic acid groups (broad SMARTS) is 1. The highest BCUT2D eigenvalue weighted by Crippen LogP contribution is 2.65. The highest BCUT2D eigenvalue weighted by Gasteiger charge is 2.73. The number of rotatable bonds is 6. The standard InChI is InChI=1S/C29H31NO5/c1-17-7-10-20-13-22-29(33)14-21(27(31)32)25(34-16-19-5-3-2-4-6-19)26-28(29,23(20)24(17)35-26)11-12-30(22)15-18-8-9-18/h2-7,10,18,22,26,33H,8-9,11-16H2,1H3,(H,31,32)/t22-,26+,28+,29-/m1/s1. The summed E-state index contributed by atoms with van der Waals surface area (Å²) in [6.07, 6.45) is 3.37. The minimum atomic E-state index is -1.22. The Morgan fingerprint density at radius 2 is 2.00 bits per heavy atom. The second kappa shape index (κ2) is 7.34. The number of benzene rings is 2. The third kappa shape index (κ3) is 2.87. The highest BCUT2D eigenvalue weighted by atomic mass is 16.5. The monoisotopic (exact) mass is 473 g/mol. The third-order valence-electron chi connectivity index (χ3n) is 9.21. The molecular weight excluding hydrogens is 442 g/mol. The second-order valence-electron chi connectivity index (χ2n) is 11.1. The smallest absolute Gasteiger partial charge is 0.335 e. The first-order valence-electron chi connectivity index (χ1n) is 12.8. The van der Waals surface area contributed by atoms with Crippen molar-refractivity contribution in [2.45, 2.75) is 68.8 Å². The van der Waals surface area contributed by atoms with Crippen molar-refractivity contribution in [1.29, 1.82) is 0 Å². The minimum Gasteiger partial charge on any atom is -0.489 e. The number of hydrogen-bond acceptors (Lipinski definition) is 5. The molecule has 0 radical (unpaired) electrons. The molecule has 4 atom stereocenters. The molecule has 2 heterocycles. The van der Waals surface area contributed by atoms with E-state index in [9.17, 15) is 15.0 Å². The van der Waals surface area contributed by atoms with Gasteiger partial charge in [-0.3, -0.25) is 4.90 Å². The number of piperidine rings is 1. The molecule has 2 aromatic carbocycles. The van der Waals surface area contributed by atoms with Crippen LogP contribution in [-0.4, -0.2) is 51.9 Å². The van der Waals surface area contributed by atoms with Gasteiger partial charge >= 0.3 is 5.97 Å². The van der Waals surface area contributed by atoms with Gasteiger partial charge in [0, 0.05) is 24.6 Å². The molecule has 2 N–H and O–H groups in total. The van der Waals surface area contributed by atoms with Crippen molar-refractivity contribution in [2.24, 2.45) is 5.92 Å². The molecule has 2 fully saturated rings. The van der Waals surface area contributed by atoms with Gasteiger partial charge in [0.25, 0.3) is 0 Å². The quantitative estimate of drug-likeness (QED) is 0.666. The molecule has 35 heavy (non-hydrogen) atoms. The number of ether oxygens (including phenoxy) is 2. The van der Waals surface area contributed by atoms with Crippen molar-refractivity contribution in [2.75, 3.05) is 13.1 Å². The molecule has 5 aliphatic rings. The lowest BCUT2D eigenvalue weighted by molar-refractivity contribution is -0.176. The van der Waals surface area contributed by atoms with E-state index in [-0.39, 0.29) is 24.6 Å². The average molecular weight is 474 g/mol. The van der Waals surface area contributed by atoms with E-state index >= 15 is 0 Å². The van der Waals surface area contributed by atoms with E-state index in [1.165, 1.54) is 18.4 Å². The normalized spacial score (nSPS) is 32.7. The summed E-state index contributed by atoms with van der Waals surface area (Å²) in [6, 6.07) is 13.9. The van der Waals surface area contributed by atoms with E-state index in [0.717, 1.165) is 48.4 Å². The van der Waals surface area contributed by atoms with Gasteiger partial charge in [0.1, 0.15) is 18.1 Å². The van der Waals surface area contributed by atoms with Gasteiger partial charge in [0.15, 0.2) is 6.10 Å². The number of hydrogen-bond donors (Lipinski definition) is 2. The number of nitrogens with zero attached hydrogens (tertiary/aromatic N) is 1. The Balaban J connectivity index is 1.39. The predicted molar refractivity (Wildman–Crippen MR) is 129 cm³/mol. The van der Waals surface area contributed by atoms with Crippen LogP contribution in [0, 0.1) is 12.8 Å². The van der Waals surface area contributed by atoms with Crippen LogP contribution in [0.25, 0.3) is 0 Å². The molecule has 2 bridgehead atoms. The van der Waals surface area contributed by atoms with Gasteiger partial charge in [-0.05, 0) is 61.8 Å². The van der Waals surface area contributed by atoms with E-state index in [1.807, 2.05) is 37.3 Å². The zero-order valence-corrected chi connectivity index (χ0v) is 20.0. The Kier molecular flexibility index (Phi) is 4.50. The molecule has 0 unspecified atom stereocenters. The number of carbonyl (C=O) groups is 1. The van der Waals surface area contributed by atoms with Crippen molar-refractivity contribution < 1.29 is 24.5 Å². The van der Waals surface area contributed by atoms with E-state index in [2.05, 4.69) is 17.0 Å². The minimum absolute atomic E-state index is 0.0744. The summed E-state index contributed by atoms with van der Waals surface area (Å²) in [5.41, 5.74) is 2.55. The fourth-order valence-corrected chi connectivity index (χ4v) is 7.38. The van der Waals surface area contributed by atoms with Crippen LogP contribution in [0.4, 0.5) is 0 Å². The topological polar surface area (TPSA) is 79.2 Å². The Morgan fingerprint density at radius 3 is 2.74 bits per heavy atom. The molecule has 3 aliphatic carbocycles. The summed E-state index contributed by atoms with van der Waals surface area (Å²) < 4.78 is 13.0. The Bertz CT molecular complexity index is 1250. The molecule has 1 saturated heterocycles. The molecule has 6 heteroatoms. The molecule has 7 rings (SSSR count). The van der Waals surface area contributed by atoms with Gasteiger partial charge in [-0.1, -0.05) is 42.5 Å². The predicted octanol–water partition coefficient (Wildman–Crippen LogP) is 3.72.